The molecule has 0 radical (unpaired) electrons. The molecule has 3 aromatic rings. The molecule has 8 heteroatoms. The molecule has 0 saturated carbocycles. The van der Waals surface area contributed by atoms with Crippen LogP contribution in [0.3, 0.4) is 0 Å². The summed E-state index contributed by atoms with van der Waals surface area (Å²) in [5, 5.41) is 4.24. The Bertz CT molecular complexity index is 840. The molecular weight excluding hydrogens is 396 g/mol. The summed E-state index contributed by atoms with van der Waals surface area (Å²) in [5.41, 5.74) is 3.91. The second-order valence-electron chi connectivity index (χ2n) is 6.12. The molecule has 136 valence electrons. The van der Waals surface area contributed by atoms with Crippen LogP contribution in [0.5, 0.6) is 0 Å². The fourth-order valence-corrected chi connectivity index (χ4v) is 3.03. The minimum absolute atomic E-state index is 0. The van der Waals surface area contributed by atoms with Gasteiger partial charge in [0.1, 0.15) is 12.4 Å². The third-order valence-corrected chi connectivity index (χ3v) is 4.42. The van der Waals surface area contributed by atoms with Gasteiger partial charge in [0.05, 0.1) is 23.7 Å². The Kier molecular flexibility index (Phi) is 6.08. The lowest BCUT2D eigenvalue weighted by Crippen LogP contribution is -2.38. The number of morpholine rings is 1. The van der Waals surface area contributed by atoms with E-state index in [2.05, 4.69) is 26.0 Å². The van der Waals surface area contributed by atoms with Crippen molar-refractivity contribution in [1.82, 2.24) is 29.6 Å². The van der Waals surface area contributed by atoms with Gasteiger partial charge in [0.2, 0.25) is 0 Å². The van der Waals surface area contributed by atoms with Crippen molar-refractivity contribution in [3.63, 3.8) is 0 Å². The Morgan fingerprint density at radius 2 is 2.04 bits per heavy atom. The maximum atomic E-state index is 5.98. The van der Waals surface area contributed by atoms with Gasteiger partial charge in [-0.1, -0.05) is 6.07 Å². The van der Waals surface area contributed by atoms with E-state index in [1.807, 2.05) is 36.1 Å². The topological polar surface area (TPSA) is 69.0 Å². The smallest absolute Gasteiger partial charge is 0.115 e. The van der Waals surface area contributed by atoms with E-state index in [4.69, 9.17) is 9.72 Å². The Labute approximate surface area is 162 Å². The van der Waals surface area contributed by atoms with Crippen molar-refractivity contribution in [1.29, 1.82) is 0 Å². The van der Waals surface area contributed by atoms with Crippen LogP contribution in [0.15, 0.2) is 49.2 Å². The maximum absolute atomic E-state index is 5.98. The number of aryl methyl sites for hydroxylation is 1. The van der Waals surface area contributed by atoms with Crippen molar-refractivity contribution in [2.45, 2.75) is 12.6 Å². The van der Waals surface area contributed by atoms with E-state index in [9.17, 15) is 0 Å². The fourth-order valence-electron chi connectivity index (χ4n) is 3.03. The Balaban J connectivity index is 0.00000196. The number of hydrogen-bond acceptors (Lipinski definition) is 6. The SMILES string of the molecule is Br.Cn1nccc1CN1CCOC(c2cccc(-c3cncnc3)n2)C1. The van der Waals surface area contributed by atoms with Gasteiger partial charge >= 0.3 is 0 Å². The molecule has 1 fully saturated rings. The van der Waals surface area contributed by atoms with Gasteiger partial charge in [0.15, 0.2) is 0 Å². The number of ether oxygens (including phenoxy) is 1. The Hall–Kier alpha value is -2.16. The first-order valence-electron chi connectivity index (χ1n) is 8.33. The number of aromatic nitrogens is 5. The van der Waals surface area contributed by atoms with Crippen LogP contribution in [0.2, 0.25) is 0 Å². The summed E-state index contributed by atoms with van der Waals surface area (Å²) >= 11 is 0. The van der Waals surface area contributed by atoms with E-state index in [-0.39, 0.29) is 23.1 Å². The number of hydrogen-bond donors (Lipinski definition) is 0. The average Bonchev–Trinajstić information content (AvgIpc) is 3.07. The molecule has 4 rings (SSSR count). The molecule has 7 nitrogen and oxygen atoms in total. The molecule has 0 amide bonds. The zero-order chi connectivity index (χ0) is 17.1. The Morgan fingerprint density at radius 1 is 1.19 bits per heavy atom. The molecule has 4 heterocycles. The van der Waals surface area contributed by atoms with E-state index >= 15 is 0 Å². The van der Waals surface area contributed by atoms with Crippen LogP contribution in [-0.2, 0) is 18.3 Å². The molecule has 1 atom stereocenters. The lowest BCUT2D eigenvalue weighted by molar-refractivity contribution is -0.0355. The van der Waals surface area contributed by atoms with Gasteiger partial charge in [0, 0.05) is 50.8 Å². The Morgan fingerprint density at radius 3 is 2.81 bits per heavy atom. The van der Waals surface area contributed by atoms with E-state index < -0.39 is 0 Å². The summed E-state index contributed by atoms with van der Waals surface area (Å²) in [6.07, 6.45) is 6.87. The zero-order valence-electron chi connectivity index (χ0n) is 14.5. The van der Waals surface area contributed by atoms with Crippen molar-refractivity contribution in [2.75, 3.05) is 19.7 Å². The molecule has 3 aromatic heterocycles. The first-order valence-corrected chi connectivity index (χ1v) is 8.33. The molecule has 0 bridgehead atoms. The summed E-state index contributed by atoms with van der Waals surface area (Å²) in [6.45, 7) is 3.28. The first kappa shape index (κ1) is 18.6. The van der Waals surface area contributed by atoms with Crippen molar-refractivity contribution in [2.24, 2.45) is 7.05 Å². The molecule has 1 aliphatic rings. The highest BCUT2D eigenvalue weighted by atomic mass is 79.9. The third kappa shape index (κ3) is 4.14. The highest BCUT2D eigenvalue weighted by Gasteiger charge is 2.24. The predicted octanol–water partition coefficient (Wildman–Crippen LogP) is 2.42. The maximum Gasteiger partial charge on any atom is 0.115 e. The van der Waals surface area contributed by atoms with Gasteiger partial charge in [-0.15, -0.1) is 17.0 Å². The third-order valence-electron chi connectivity index (χ3n) is 4.42. The van der Waals surface area contributed by atoms with Gasteiger partial charge in [-0.2, -0.15) is 5.10 Å². The largest absolute Gasteiger partial charge is 0.369 e. The standard InChI is InChI=1S/C18H20N6O.BrH/c1-23-15(5-6-21-23)11-24-7-8-25-18(12-24)17-4-2-3-16(22-17)14-9-19-13-20-10-14;/h2-6,9-10,13,18H,7-8,11-12H2,1H3;1H. The van der Waals surface area contributed by atoms with Crippen LogP contribution in [0.25, 0.3) is 11.3 Å². The molecule has 1 unspecified atom stereocenters. The molecule has 1 aliphatic heterocycles. The highest BCUT2D eigenvalue weighted by Crippen LogP contribution is 2.24. The molecule has 0 N–H and O–H groups in total. The molecule has 0 aromatic carbocycles. The number of halogens is 1. The number of rotatable bonds is 4. The van der Waals surface area contributed by atoms with Gasteiger partial charge < -0.3 is 4.74 Å². The van der Waals surface area contributed by atoms with Crippen molar-refractivity contribution in [3.8, 4) is 11.3 Å². The predicted molar refractivity (Wildman–Crippen MR) is 103 cm³/mol. The van der Waals surface area contributed by atoms with E-state index in [1.54, 1.807) is 12.4 Å². The second kappa shape index (κ2) is 8.48. The van der Waals surface area contributed by atoms with E-state index in [0.717, 1.165) is 36.6 Å². The number of nitrogens with zero attached hydrogens (tertiary/aromatic N) is 6. The van der Waals surface area contributed by atoms with Crippen LogP contribution in [-0.4, -0.2) is 49.3 Å². The lowest BCUT2D eigenvalue weighted by Gasteiger charge is -2.32. The van der Waals surface area contributed by atoms with Crippen molar-refractivity contribution < 1.29 is 4.74 Å². The van der Waals surface area contributed by atoms with Crippen molar-refractivity contribution in [3.05, 3.63) is 60.6 Å². The summed E-state index contributed by atoms with van der Waals surface area (Å²) in [4.78, 5) is 15.3. The molecule has 0 aliphatic carbocycles. The van der Waals surface area contributed by atoms with Crippen molar-refractivity contribution >= 4 is 17.0 Å². The lowest BCUT2D eigenvalue weighted by atomic mass is 10.1. The fraction of sp³-hybridized carbons (Fsp3) is 0.333. The highest BCUT2D eigenvalue weighted by molar-refractivity contribution is 8.93. The first-order chi connectivity index (χ1) is 12.3. The summed E-state index contributed by atoms with van der Waals surface area (Å²) in [5.74, 6) is 0. The minimum Gasteiger partial charge on any atom is -0.369 e. The van der Waals surface area contributed by atoms with Crippen LogP contribution in [0.4, 0.5) is 0 Å². The van der Waals surface area contributed by atoms with Gasteiger partial charge in [-0.05, 0) is 18.2 Å². The van der Waals surface area contributed by atoms with Gasteiger partial charge in [-0.25, -0.2) is 15.0 Å². The molecule has 0 spiro atoms. The number of pyridine rings is 1. The summed E-state index contributed by atoms with van der Waals surface area (Å²) in [6, 6.07) is 8.05. The van der Waals surface area contributed by atoms with E-state index in [0.29, 0.717) is 6.61 Å². The quantitative estimate of drug-likeness (QED) is 0.650. The second-order valence-corrected chi connectivity index (χ2v) is 6.12. The average molecular weight is 417 g/mol. The zero-order valence-corrected chi connectivity index (χ0v) is 16.2. The van der Waals surface area contributed by atoms with Crippen LogP contribution in [0, 0.1) is 0 Å². The van der Waals surface area contributed by atoms with E-state index in [1.165, 1.54) is 12.0 Å². The van der Waals surface area contributed by atoms with Crippen LogP contribution < -0.4 is 0 Å². The summed E-state index contributed by atoms with van der Waals surface area (Å²) < 4.78 is 7.89. The van der Waals surface area contributed by atoms with Crippen LogP contribution >= 0.6 is 17.0 Å². The molecule has 1 saturated heterocycles. The minimum atomic E-state index is -0.0356. The summed E-state index contributed by atoms with van der Waals surface area (Å²) in [7, 11) is 1.97. The van der Waals surface area contributed by atoms with Gasteiger partial charge in [-0.3, -0.25) is 9.58 Å². The molecule has 26 heavy (non-hydrogen) atoms. The molecular formula is C18H21BrN6O. The monoisotopic (exact) mass is 416 g/mol. The van der Waals surface area contributed by atoms with Crippen LogP contribution in [0.1, 0.15) is 17.5 Å². The van der Waals surface area contributed by atoms with Gasteiger partial charge in [0.25, 0.3) is 0 Å². The normalized spacial score (nSPS) is 17.7.